The van der Waals surface area contributed by atoms with Gasteiger partial charge in [0.15, 0.2) is 0 Å². The molecular weight excluding hydrogens is 234 g/mol. The van der Waals surface area contributed by atoms with Gasteiger partial charge >= 0.3 is 0 Å². The Kier molecular flexibility index (Phi) is 3.58. The van der Waals surface area contributed by atoms with Gasteiger partial charge in [-0.05, 0) is 42.1 Å². The van der Waals surface area contributed by atoms with Crippen molar-refractivity contribution in [2.75, 3.05) is 6.54 Å². The fourth-order valence-electron chi connectivity index (χ4n) is 2.80. The topological polar surface area (TPSA) is 50.9 Å². The lowest BCUT2D eigenvalue weighted by molar-refractivity contribution is 0.502. The Morgan fingerprint density at radius 1 is 1.16 bits per heavy atom. The molecule has 2 unspecified atom stereocenters. The van der Waals surface area contributed by atoms with Gasteiger partial charge in [0.1, 0.15) is 0 Å². The van der Waals surface area contributed by atoms with E-state index in [1.165, 1.54) is 16.7 Å². The van der Waals surface area contributed by atoms with Crippen LogP contribution in [-0.4, -0.2) is 11.5 Å². The number of nitrogens with two attached hydrogens (primary N) is 1. The van der Waals surface area contributed by atoms with E-state index in [9.17, 15) is 0 Å². The van der Waals surface area contributed by atoms with Crippen molar-refractivity contribution in [3.8, 4) is 0 Å². The van der Waals surface area contributed by atoms with Crippen LogP contribution in [0.5, 0.6) is 0 Å². The van der Waals surface area contributed by atoms with Crippen LogP contribution >= 0.6 is 0 Å². The van der Waals surface area contributed by atoms with Gasteiger partial charge < -0.3 is 11.1 Å². The highest BCUT2D eigenvalue weighted by Crippen LogP contribution is 2.36. The molecule has 3 rings (SSSR count). The van der Waals surface area contributed by atoms with Crippen LogP contribution in [0.15, 0.2) is 48.8 Å². The predicted molar refractivity (Wildman–Crippen MR) is 76.7 cm³/mol. The van der Waals surface area contributed by atoms with Crippen LogP contribution in [-0.2, 0) is 6.42 Å². The molecule has 19 heavy (non-hydrogen) atoms. The quantitative estimate of drug-likeness (QED) is 0.879. The highest BCUT2D eigenvalue weighted by Gasteiger charge is 2.27. The molecule has 0 amide bonds. The minimum absolute atomic E-state index is 0.173. The van der Waals surface area contributed by atoms with Gasteiger partial charge in [-0.15, -0.1) is 0 Å². The van der Waals surface area contributed by atoms with Gasteiger partial charge in [0.25, 0.3) is 0 Å². The van der Waals surface area contributed by atoms with Crippen molar-refractivity contribution in [1.29, 1.82) is 0 Å². The Balaban J connectivity index is 1.60. The first-order valence-corrected chi connectivity index (χ1v) is 6.81. The molecule has 2 atom stereocenters. The minimum atomic E-state index is 0.173. The van der Waals surface area contributed by atoms with E-state index >= 15 is 0 Å². The summed E-state index contributed by atoms with van der Waals surface area (Å²) in [6.45, 7) is 0.956. The molecule has 1 aromatic carbocycles. The van der Waals surface area contributed by atoms with Crippen LogP contribution in [0.3, 0.4) is 0 Å². The van der Waals surface area contributed by atoms with Crippen LogP contribution in [0.2, 0.25) is 0 Å². The van der Waals surface area contributed by atoms with Crippen molar-refractivity contribution >= 4 is 0 Å². The number of nitrogens with one attached hydrogen (secondary N) is 1. The van der Waals surface area contributed by atoms with Crippen molar-refractivity contribution in [2.24, 2.45) is 5.73 Å². The van der Waals surface area contributed by atoms with E-state index in [2.05, 4.69) is 40.6 Å². The van der Waals surface area contributed by atoms with Gasteiger partial charge in [-0.3, -0.25) is 4.98 Å². The Hall–Kier alpha value is -1.71. The van der Waals surface area contributed by atoms with Crippen LogP contribution < -0.4 is 11.1 Å². The molecule has 0 radical (unpaired) electrons. The lowest BCUT2D eigenvalue weighted by Crippen LogP contribution is -2.22. The number of rotatable bonds is 4. The fraction of sp³-hybridized carbons (Fsp3) is 0.312. The summed E-state index contributed by atoms with van der Waals surface area (Å²) in [5.41, 5.74) is 10.1. The highest BCUT2D eigenvalue weighted by molar-refractivity contribution is 5.37. The molecular formula is C16H19N3. The molecule has 3 N–H and O–H groups in total. The molecule has 0 saturated heterocycles. The number of benzene rings is 1. The minimum Gasteiger partial charge on any atom is -0.324 e. The van der Waals surface area contributed by atoms with E-state index in [1.54, 1.807) is 0 Å². The Labute approximate surface area is 113 Å². The number of hydrogen-bond donors (Lipinski definition) is 2. The van der Waals surface area contributed by atoms with E-state index in [4.69, 9.17) is 5.73 Å². The molecule has 2 aromatic rings. The Morgan fingerprint density at radius 2 is 2.00 bits per heavy atom. The van der Waals surface area contributed by atoms with Gasteiger partial charge in [-0.2, -0.15) is 0 Å². The number of hydrogen-bond acceptors (Lipinski definition) is 3. The lowest BCUT2D eigenvalue weighted by atomic mass is 10.1. The number of nitrogens with zero attached hydrogens (tertiary/aromatic N) is 1. The molecule has 1 aliphatic carbocycles. The number of aromatic nitrogens is 1. The van der Waals surface area contributed by atoms with E-state index in [-0.39, 0.29) is 6.04 Å². The fourth-order valence-corrected chi connectivity index (χ4v) is 2.80. The summed E-state index contributed by atoms with van der Waals surface area (Å²) in [5.74, 6) is 0. The maximum Gasteiger partial charge on any atom is 0.0341 e. The summed E-state index contributed by atoms with van der Waals surface area (Å²) in [5, 5.41) is 3.61. The number of pyridine rings is 1. The molecule has 1 heterocycles. The van der Waals surface area contributed by atoms with Crippen molar-refractivity contribution < 1.29 is 0 Å². The summed E-state index contributed by atoms with van der Waals surface area (Å²) < 4.78 is 0. The molecule has 0 bridgehead atoms. The largest absolute Gasteiger partial charge is 0.324 e. The predicted octanol–water partition coefficient (Wildman–Crippen LogP) is 2.36. The van der Waals surface area contributed by atoms with E-state index in [0.29, 0.717) is 6.04 Å². The van der Waals surface area contributed by atoms with Gasteiger partial charge in [0.05, 0.1) is 0 Å². The van der Waals surface area contributed by atoms with Crippen molar-refractivity contribution in [1.82, 2.24) is 10.3 Å². The third kappa shape index (κ3) is 2.67. The normalized spacial score (nSPS) is 21.3. The average Bonchev–Trinajstić information content (AvgIpc) is 2.78. The van der Waals surface area contributed by atoms with Crippen LogP contribution in [0.4, 0.5) is 0 Å². The zero-order valence-electron chi connectivity index (χ0n) is 10.9. The van der Waals surface area contributed by atoms with Crippen molar-refractivity contribution in [3.05, 3.63) is 65.5 Å². The molecule has 0 aliphatic heterocycles. The third-order valence-electron chi connectivity index (χ3n) is 3.79. The summed E-state index contributed by atoms with van der Waals surface area (Å²) in [6.07, 6.45) is 5.73. The number of fused-ring (bicyclic) bond motifs is 1. The van der Waals surface area contributed by atoms with E-state index in [1.807, 2.05) is 18.5 Å². The second-order valence-corrected chi connectivity index (χ2v) is 5.09. The first-order valence-electron chi connectivity index (χ1n) is 6.81. The summed E-state index contributed by atoms with van der Waals surface area (Å²) in [7, 11) is 0. The molecule has 3 nitrogen and oxygen atoms in total. The van der Waals surface area contributed by atoms with E-state index in [0.717, 1.165) is 19.4 Å². The van der Waals surface area contributed by atoms with Gasteiger partial charge in [-0.25, -0.2) is 0 Å². The Bertz CT molecular complexity index is 539. The van der Waals surface area contributed by atoms with Crippen LogP contribution in [0.25, 0.3) is 0 Å². The zero-order valence-corrected chi connectivity index (χ0v) is 10.9. The first-order chi connectivity index (χ1) is 9.34. The van der Waals surface area contributed by atoms with Gasteiger partial charge in [0, 0.05) is 24.5 Å². The maximum absolute atomic E-state index is 6.17. The maximum atomic E-state index is 6.17. The average molecular weight is 253 g/mol. The molecule has 0 saturated carbocycles. The van der Waals surface area contributed by atoms with Crippen LogP contribution in [0, 0.1) is 0 Å². The second kappa shape index (κ2) is 5.51. The van der Waals surface area contributed by atoms with Crippen molar-refractivity contribution in [3.63, 3.8) is 0 Å². The SMILES string of the molecule is NC1CC(NCCc2cccnc2)c2ccccc21. The molecule has 3 heteroatoms. The molecule has 1 aliphatic rings. The third-order valence-corrected chi connectivity index (χ3v) is 3.79. The van der Waals surface area contributed by atoms with Crippen LogP contribution in [0.1, 0.15) is 35.2 Å². The first kappa shape index (κ1) is 12.3. The lowest BCUT2D eigenvalue weighted by Gasteiger charge is -2.13. The van der Waals surface area contributed by atoms with Gasteiger partial charge in [-0.1, -0.05) is 30.3 Å². The molecule has 0 spiro atoms. The monoisotopic (exact) mass is 253 g/mol. The standard InChI is InChI=1S/C16H19N3/c17-15-10-16(14-6-2-1-5-13(14)15)19-9-7-12-4-3-8-18-11-12/h1-6,8,11,15-16,19H,7,9-10,17H2. The summed E-state index contributed by atoms with van der Waals surface area (Å²) in [4.78, 5) is 4.14. The molecule has 1 aromatic heterocycles. The van der Waals surface area contributed by atoms with Gasteiger partial charge in [0.2, 0.25) is 0 Å². The zero-order chi connectivity index (χ0) is 13.1. The van der Waals surface area contributed by atoms with Crippen molar-refractivity contribution in [2.45, 2.75) is 24.9 Å². The molecule has 0 fully saturated rings. The van der Waals surface area contributed by atoms with E-state index < -0.39 is 0 Å². The summed E-state index contributed by atoms with van der Waals surface area (Å²) >= 11 is 0. The Morgan fingerprint density at radius 3 is 2.79 bits per heavy atom. The molecule has 98 valence electrons. The second-order valence-electron chi connectivity index (χ2n) is 5.09. The highest BCUT2D eigenvalue weighted by atomic mass is 14.9. The smallest absolute Gasteiger partial charge is 0.0341 e. The summed E-state index contributed by atoms with van der Waals surface area (Å²) in [6, 6.07) is 13.1.